The molecule has 0 fully saturated rings. The Balaban J connectivity index is 2.36. The van der Waals surface area contributed by atoms with Crippen molar-refractivity contribution >= 4 is 136 Å². The number of carbonyl (C=O) groups excluding carboxylic acids is 19. The normalized spacial score (nSPS) is 15.5. The number of aliphatic hydroxyl groups excluding tert-OH is 4. The highest BCUT2D eigenvalue weighted by Gasteiger charge is 2.40. The van der Waals surface area contributed by atoms with E-state index in [-0.39, 0.29) is 83.2 Å². The number of carbonyl (C=O) groups is 20. The molecule has 0 aromatic heterocycles. The molecule has 41 N–H and O–H groups in total. The summed E-state index contributed by atoms with van der Waals surface area (Å²) in [6.45, 7) is 10.1. The van der Waals surface area contributed by atoms with Gasteiger partial charge in [-0.05, 0) is 115 Å². The molecule has 0 spiro atoms. The van der Waals surface area contributed by atoms with E-state index in [4.69, 9.17) is 50.6 Å². The summed E-state index contributed by atoms with van der Waals surface area (Å²) in [5.74, 6) is -25.3. The second kappa shape index (κ2) is 61.4. The molecule has 21 atom stereocenters. The molecule has 0 aliphatic rings. The predicted octanol–water partition coefficient (Wildman–Crippen LogP) is -13.1. The van der Waals surface area contributed by atoms with Crippen LogP contribution >= 0.6 is 0 Å². The average molecular weight is 1970 g/mol. The summed E-state index contributed by atoms with van der Waals surface area (Å²) in [4.78, 5) is 272. The first-order valence-electron chi connectivity index (χ1n) is 44.5. The van der Waals surface area contributed by atoms with E-state index < -0.39 is 295 Å². The highest BCUT2D eigenvalue weighted by atomic mass is 16.4. The van der Waals surface area contributed by atoms with E-state index in [9.17, 15) is 127 Å². The fourth-order valence-corrected chi connectivity index (χ4v) is 12.9. The first-order valence-corrected chi connectivity index (χ1v) is 44.5. The first kappa shape index (κ1) is 120. The number of aliphatic carboxylic acids is 1. The molecule has 0 radical (unpaired) electrons. The van der Waals surface area contributed by atoms with Crippen molar-refractivity contribution in [2.45, 2.75) is 261 Å². The van der Waals surface area contributed by atoms with Crippen LogP contribution in [-0.4, -0.2) is 321 Å². The van der Waals surface area contributed by atoms with Gasteiger partial charge in [0.25, 0.3) is 0 Å². The first-order chi connectivity index (χ1) is 65.1. The van der Waals surface area contributed by atoms with Gasteiger partial charge in [0, 0.05) is 32.5 Å². The van der Waals surface area contributed by atoms with E-state index in [1.807, 2.05) is 0 Å². The fourth-order valence-electron chi connectivity index (χ4n) is 12.9. The number of rotatable bonds is 63. The van der Waals surface area contributed by atoms with Crippen LogP contribution in [0, 0.1) is 28.1 Å². The van der Waals surface area contributed by atoms with Gasteiger partial charge in [0.2, 0.25) is 112 Å². The highest BCUT2D eigenvalue weighted by molar-refractivity contribution is 6.02. The topological polar surface area (TPSA) is 931 Å². The number of nitrogens with one attached hydrogen (secondary N) is 23. The lowest BCUT2D eigenvalue weighted by Gasteiger charge is -2.29. The maximum Gasteiger partial charge on any atom is 0.305 e. The van der Waals surface area contributed by atoms with Gasteiger partial charge < -0.3 is 171 Å². The second-order valence-corrected chi connectivity index (χ2v) is 33.1. The zero-order valence-corrected chi connectivity index (χ0v) is 78.9. The number of benzene rings is 2. The van der Waals surface area contributed by atoms with Gasteiger partial charge in [-0.15, -0.1) is 0 Å². The van der Waals surface area contributed by atoms with E-state index >= 15 is 0 Å². The van der Waals surface area contributed by atoms with Gasteiger partial charge in [0.05, 0.1) is 50.8 Å². The number of carboxylic acid groups (broad SMARTS) is 1. The molecule has 2 rings (SSSR count). The molecule has 55 nitrogen and oxygen atoms in total. The molecule has 0 aliphatic heterocycles. The van der Waals surface area contributed by atoms with E-state index in [1.165, 1.54) is 45.0 Å². The van der Waals surface area contributed by atoms with Crippen LogP contribution in [0.2, 0.25) is 0 Å². The Morgan fingerprint density at radius 2 is 0.662 bits per heavy atom. The Bertz CT molecular complexity index is 4570. The van der Waals surface area contributed by atoms with Gasteiger partial charge in [-0.3, -0.25) is 112 Å². The van der Waals surface area contributed by atoms with Crippen molar-refractivity contribution in [2.24, 2.45) is 46.2 Å². The maximum absolute atomic E-state index is 14.6. The molecule has 139 heavy (non-hydrogen) atoms. The number of nitrogens with two attached hydrogens (primary N) is 6. The van der Waals surface area contributed by atoms with Gasteiger partial charge in [0.15, 0.2) is 17.9 Å². The van der Waals surface area contributed by atoms with Crippen LogP contribution in [0.15, 0.2) is 54.6 Å². The summed E-state index contributed by atoms with van der Waals surface area (Å²) in [6.07, 6.45) is -7.80. The molecule has 0 heterocycles. The lowest BCUT2D eigenvalue weighted by molar-refractivity contribution is -0.141. The molecule has 0 saturated heterocycles. The van der Waals surface area contributed by atoms with Crippen LogP contribution in [0.1, 0.15) is 145 Å². The number of phenolic OH excluding ortho intramolecular Hbond substituents is 1. The van der Waals surface area contributed by atoms with E-state index in [2.05, 4.69) is 106 Å². The summed E-state index contributed by atoms with van der Waals surface area (Å²) in [5.41, 5.74) is 33.7. The third-order valence-corrected chi connectivity index (χ3v) is 21.3. The monoisotopic (exact) mass is 1970 g/mol. The van der Waals surface area contributed by atoms with E-state index in [1.54, 1.807) is 51.1 Å². The van der Waals surface area contributed by atoms with Crippen molar-refractivity contribution < 1.29 is 127 Å². The third-order valence-electron chi connectivity index (χ3n) is 21.3. The minimum Gasteiger partial charge on any atom is -0.508 e. The van der Waals surface area contributed by atoms with Crippen LogP contribution in [0.5, 0.6) is 5.75 Å². The van der Waals surface area contributed by atoms with Gasteiger partial charge in [-0.2, -0.15) is 0 Å². The summed E-state index contributed by atoms with van der Waals surface area (Å²) in [6, 6.07) is -13.2. The van der Waals surface area contributed by atoms with Gasteiger partial charge in [-0.1, -0.05) is 83.0 Å². The maximum atomic E-state index is 14.6. The minimum absolute atomic E-state index is 0.0169. The number of guanidine groups is 3. The van der Waals surface area contributed by atoms with Crippen molar-refractivity contribution in [1.82, 2.24) is 106 Å². The predicted molar refractivity (Wildman–Crippen MR) is 496 cm³/mol. The van der Waals surface area contributed by atoms with Crippen molar-refractivity contribution in [3.8, 4) is 5.75 Å². The number of carboxylic acids is 1. The molecule has 0 bridgehead atoms. The Morgan fingerprint density at radius 1 is 0.338 bits per heavy atom. The third kappa shape index (κ3) is 45.2. The van der Waals surface area contributed by atoms with Crippen LogP contribution in [0.3, 0.4) is 0 Å². The standard InChI is InChI=1S/C84H137N29O26/c1-11-38(3)62(66(87)124)110-69(127)42(7)100-75(133)54(33-57(85)119)107-72(130)51(23-18-30-96-84(92)93)104-71(129)49(21-16-28-94-82(88)89)102-59(121)36-98-79(137)64(44(9)116)112-73(131)50(22-17-29-95-83(90)91)103-58(120)35-97-70(128)56(37-114)109-68(126)41(6)101-80(138)63(39(4)12-2)111-77(135)53(31-46-19-14-13-15-20-46)106-76(134)55(34-60(122)123)105-67(125)40(5)99-74(132)52(32-47-24-26-48(118)27-25-47)108-81(139)65(45(10)117)113-78(136)61(86)43(8)115/h13-15,19-20,24-27,38-45,49-56,61-65,114-118H,11-12,16-18,21-23,28-37,86H2,1-10H3,(H2,85,119)(H2,87,124)(H,97,128)(H,98,137)(H,99,132)(H,100,133)(H,101,138)(H,102,121)(H,103,120)(H,104,129)(H,105,125)(H,106,134)(H,107,130)(H,108,139)(H,109,126)(H,110,127)(H,111,135)(H,112,131)(H,113,136)(H,122,123)(H4,88,89,94)(H4,90,91,95)(H4,92,93,96). The highest BCUT2D eigenvalue weighted by Crippen LogP contribution is 2.17. The number of hydrogen-bond acceptors (Lipinski definition) is 29. The van der Waals surface area contributed by atoms with Crippen LogP contribution in [-0.2, 0) is 109 Å². The average Bonchev–Trinajstić information content (AvgIpc) is 0.844. The summed E-state index contributed by atoms with van der Waals surface area (Å²) >= 11 is 0. The largest absolute Gasteiger partial charge is 0.508 e. The molecule has 55 heteroatoms. The number of aromatic hydroxyl groups is 1. The van der Waals surface area contributed by atoms with E-state index in [0.717, 1.165) is 27.7 Å². The van der Waals surface area contributed by atoms with Crippen LogP contribution < -0.4 is 141 Å². The van der Waals surface area contributed by atoms with Crippen molar-refractivity contribution in [3.05, 3.63) is 65.7 Å². The molecule has 2 aromatic rings. The van der Waals surface area contributed by atoms with Crippen LogP contribution in [0.4, 0.5) is 0 Å². The number of amides is 19. The Kier molecular flexibility index (Phi) is 53.1. The Labute approximate surface area is 800 Å². The van der Waals surface area contributed by atoms with Crippen molar-refractivity contribution in [1.29, 1.82) is 16.2 Å². The van der Waals surface area contributed by atoms with Gasteiger partial charge in [-0.25, -0.2) is 0 Å². The molecular formula is C84H137N29O26. The smallest absolute Gasteiger partial charge is 0.305 e. The molecule has 0 aliphatic carbocycles. The zero-order valence-electron chi connectivity index (χ0n) is 78.9. The number of aliphatic hydroxyl groups is 4. The Hall–Kier alpha value is -14.8. The molecule has 2 aromatic carbocycles. The summed E-state index contributed by atoms with van der Waals surface area (Å²) in [5, 5.41) is 131. The number of primary amides is 2. The summed E-state index contributed by atoms with van der Waals surface area (Å²) < 4.78 is 0. The number of phenols is 1. The Morgan fingerprint density at radius 3 is 1.09 bits per heavy atom. The zero-order chi connectivity index (χ0) is 105. The van der Waals surface area contributed by atoms with Crippen LogP contribution in [0.25, 0.3) is 0 Å². The fraction of sp³-hybridized carbons (Fsp3) is 0.583. The van der Waals surface area contributed by atoms with Gasteiger partial charge in [0.1, 0.15) is 102 Å². The molecule has 21 unspecified atom stereocenters. The summed E-state index contributed by atoms with van der Waals surface area (Å²) in [7, 11) is 0. The van der Waals surface area contributed by atoms with E-state index in [0.29, 0.717) is 17.5 Å². The SMILES string of the molecule is CCC(C)C(NC(=O)C(C)NC(=O)C(CC(N)=O)NC(=O)C(CCCNC(=N)N)NC(=O)C(CCCNC(=N)N)NC(=O)CNC(=O)C(NC(=O)C(CCCNC(=N)N)NC(=O)CNC(=O)C(CO)NC(=O)C(C)NC(=O)C(NC(=O)C(Cc1ccccc1)NC(=O)C(CC(=O)O)NC(=O)C(C)NC(=O)C(Cc1ccc(O)cc1)NC(=O)C(NC(=O)C(N)C(C)O)C(C)O)C(C)CC)C(C)O)C(N)=O. The molecular weight excluding hydrogens is 1830 g/mol. The van der Waals surface area contributed by atoms with Gasteiger partial charge >= 0.3 is 5.97 Å². The van der Waals surface area contributed by atoms with Crippen molar-refractivity contribution in [2.75, 3.05) is 39.3 Å². The molecule has 0 saturated carbocycles. The number of hydrogen-bond donors (Lipinski definition) is 35. The molecule has 19 amide bonds. The molecule has 774 valence electrons. The van der Waals surface area contributed by atoms with Crippen molar-refractivity contribution in [3.63, 3.8) is 0 Å². The lowest BCUT2D eigenvalue weighted by Crippen LogP contribution is -2.62. The minimum atomic E-state index is -2.00. The quantitative estimate of drug-likeness (QED) is 0.0166. The lowest BCUT2D eigenvalue weighted by atomic mass is 9.96. The second-order valence-electron chi connectivity index (χ2n) is 33.1.